The van der Waals surface area contributed by atoms with Gasteiger partial charge < -0.3 is 9.47 Å². The molecule has 1 heterocycles. The Bertz CT molecular complexity index is 234. The topological polar surface area (TPSA) is 54.3 Å². The molecule has 1 N–H and O–H groups in total. The fraction of sp³-hybridized carbons (Fsp3) is 0.917. The molecule has 4 heteroatoms. The quantitative estimate of drug-likeness (QED) is 0.714. The van der Waals surface area contributed by atoms with Crippen LogP contribution in [0.4, 0.5) is 0 Å². The second kappa shape index (κ2) is 6.85. The number of rotatable bonds is 7. The van der Waals surface area contributed by atoms with Crippen molar-refractivity contribution in [3.8, 4) is 6.07 Å². The highest BCUT2D eigenvalue weighted by Crippen LogP contribution is 2.12. The highest BCUT2D eigenvalue weighted by atomic mass is 16.5. The van der Waals surface area contributed by atoms with Crippen LogP contribution in [0.15, 0.2) is 0 Å². The van der Waals surface area contributed by atoms with E-state index >= 15 is 0 Å². The van der Waals surface area contributed by atoms with Crippen molar-refractivity contribution in [1.82, 2.24) is 5.32 Å². The Kier molecular flexibility index (Phi) is 5.75. The van der Waals surface area contributed by atoms with Gasteiger partial charge in [0, 0.05) is 19.6 Å². The van der Waals surface area contributed by atoms with Gasteiger partial charge in [0.15, 0.2) is 0 Å². The zero-order valence-corrected chi connectivity index (χ0v) is 10.3. The maximum Gasteiger partial charge on any atom is 0.106 e. The number of ether oxygens (including phenoxy) is 2. The number of nitriles is 1. The lowest BCUT2D eigenvalue weighted by Gasteiger charge is -2.23. The van der Waals surface area contributed by atoms with Crippen LogP contribution in [0.3, 0.4) is 0 Å². The molecule has 0 bridgehead atoms. The van der Waals surface area contributed by atoms with Gasteiger partial charge >= 0.3 is 0 Å². The Morgan fingerprint density at radius 1 is 1.62 bits per heavy atom. The summed E-state index contributed by atoms with van der Waals surface area (Å²) in [5.74, 6) is 0. The van der Waals surface area contributed by atoms with Crippen molar-refractivity contribution in [1.29, 1.82) is 5.26 Å². The van der Waals surface area contributed by atoms with E-state index in [2.05, 4.69) is 18.3 Å². The monoisotopic (exact) mass is 226 g/mol. The highest BCUT2D eigenvalue weighted by molar-refractivity contribution is 5.03. The van der Waals surface area contributed by atoms with Crippen LogP contribution in [0.2, 0.25) is 0 Å². The predicted octanol–water partition coefficient (Wildman–Crippen LogP) is 1.46. The third kappa shape index (κ3) is 4.48. The normalized spacial score (nSPS) is 23.9. The van der Waals surface area contributed by atoms with Gasteiger partial charge in [-0.15, -0.1) is 0 Å². The molecule has 0 aromatic heterocycles. The van der Waals surface area contributed by atoms with E-state index in [1.165, 1.54) is 0 Å². The van der Waals surface area contributed by atoms with Crippen molar-refractivity contribution in [2.24, 2.45) is 0 Å². The summed E-state index contributed by atoms with van der Waals surface area (Å²) in [5.41, 5.74) is -0.463. The molecule has 92 valence electrons. The molecule has 1 saturated heterocycles. The van der Waals surface area contributed by atoms with Crippen molar-refractivity contribution >= 4 is 0 Å². The Labute approximate surface area is 97.9 Å². The molecule has 0 spiro atoms. The molecular formula is C12H22N2O2. The van der Waals surface area contributed by atoms with Gasteiger partial charge in [-0.2, -0.15) is 5.26 Å². The molecule has 0 aliphatic carbocycles. The first kappa shape index (κ1) is 13.4. The summed E-state index contributed by atoms with van der Waals surface area (Å²) in [4.78, 5) is 0. The average molecular weight is 226 g/mol. The van der Waals surface area contributed by atoms with Crippen LogP contribution in [0.1, 0.15) is 33.1 Å². The van der Waals surface area contributed by atoms with E-state index in [0.29, 0.717) is 13.2 Å². The first-order valence-corrected chi connectivity index (χ1v) is 6.06. The fourth-order valence-corrected chi connectivity index (χ4v) is 1.66. The van der Waals surface area contributed by atoms with E-state index in [4.69, 9.17) is 14.7 Å². The number of hydrogen-bond donors (Lipinski definition) is 1. The lowest BCUT2D eigenvalue weighted by molar-refractivity contribution is 0.0349. The van der Waals surface area contributed by atoms with Crippen LogP contribution in [0, 0.1) is 11.3 Å². The summed E-state index contributed by atoms with van der Waals surface area (Å²) in [6.45, 7) is 7.01. The van der Waals surface area contributed by atoms with E-state index in [-0.39, 0.29) is 6.10 Å². The fourth-order valence-electron chi connectivity index (χ4n) is 1.66. The molecule has 0 amide bonds. The van der Waals surface area contributed by atoms with Gasteiger partial charge in [-0.25, -0.2) is 0 Å². The van der Waals surface area contributed by atoms with Gasteiger partial charge in [-0.1, -0.05) is 6.92 Å². The van der Waals surface area contributed by atoms with Crippen molar-refractivity contribution in [2.75, 3.05) is 26.4 Å². The second-order valence-corrected chi connectivity index (χ2v) is 4.48. The summed E-state index contributed by atoms with van der Waals surface area (Å²) in [7, 11) is 0. The smallest absolute Gasteiger partial charge is 0.106 e. The Morgan fingerprint density at radius 2 is 2.44 bits per heavy atom. The van der Waals surface area contributed by atoms with Crippen LogP contribution < -0.4 is 5.32 Å². The molecule has 1 aliphatic heterocycles. The van der Waals surface area contributed by atoms with E-state index < -0.39 is 5.54 Å². The summed E-state index contributed by atoms with van der Waals surface area (Å²) in [6, 6.07) is 2.32. The largest absolute Gasteiger partial charge is 0.379 e. The molecule has 0 aromatic carbocycles. The molecule has 4 nitrogen and oxygen atoms in total. The molecule has 16 heavy (non-hydrogen) atoms. The molecule has 0 radical (unpaired) electrons. The maximum atomic E-state index is 9.11. The SMILES string of the molecule is CCCNC(C)(C#N)CCOC1CCOC1. The number of nitrogens with zero attached hydrogens (tertiary/aromatic N) is 1. The van der Waals surface area contributed by atoms with Gasteiger partial charge in [0.05, 0.1) is 18.8 Å². The zero-order chi connectivity index (χ0) is 11.9. The van der Waals surface area contributed by atoms with Crippen molar-refractivity contribution in [3.05, 3.63) is 0 Å². The molecule has 1 aliphatic rings. The molecule has 1 rings (SSSR count). The minimum absolute atomic E-state index is 0.231. The van der Waals surface area contributed by atoms with Crippen LogP contribution in [-0.2, 0) is 9.47 Å². The lowest BCUT2D eigenvalue weighted by Crippen LogP contribution is -2.42. The first-order chi connectivity index (χ1) is 7.70. The van der Waals surface area contributed by atoms with Crippen molar-refractivity contribution < 1.29 is 9.47 Å². The van der Waals surface area contributed by atoms with Crippen molar-refractivity contribution in [2.45, 2.75) is 44.8 Å². The summed E-state index contributed by atoms with van der Waals surface area (Å²) in [5, 5.41) is 12.4. The minimum Gasteiger partial charge on any atom is -0.379 e. The van der Waals surface area contributed by atoms with Gasteiger partial charge in [-0.3, -0.25) is 5.32 Å². The lowest BCUT2D eigenvalue weighted by atomic mass is 10.0. The average Bonchev–Trinajstić information content (AvgIpc) is 2.79. The molecule has 0 saturated carbocycles. The minimum atomic E-state index is -0.463. The Morgan fingerprint density at radius 3 is 3.00 bits per heavy atom. The molecular weight excluding hydrogens is 204 g/mol. The van der Waals surface area contributed by atoms with E-state index in [9.17, 15) is 0 Å². The molecule has 0 aromatic rings. The summed E-state index contributed by atoms with van der Waals surface area (Å²) in [6.07, 6.45) is 2.97. The van der Waals surface area contributed by atoms with Gasteiger partial charge in [-0.05, 0) is 26.3 Å². The van der Waals surface area contributed by atoms with E-state index in [1.54, 1.807) is 0 Å². The van der Waals surface area contributed by atoms with Gasteiger partial charge in [0.25, 0.3) is 0 Å². The number of hydrogen-bond acceptors (Lipinski definition) is 4. The van der Waals surface area contributed by atoms with Gasteiger partial charge in [0.2, 0.25) is 0 Å². The standard InChI is InChI=1S/C12H22N2O2/c1-3-6-14-12(2,10-13)5-8-16-11-4-7-15-9-11/h11,14H,3-9H2,1-2H3. The highest BCUT2D eigenvalue weighted by Gasteiger charge is 2.23. The summed E-state index contributed by atoms with van der Waals surface area (Å²) < 4.78 is 10.9. The summed E-state index contributed by atoms with van der Waals surface area (Å²) >= 11 is 0. The first-order valence-electron chi connectivity index (χ1n) is 6.06. The zero-order valence-electron chi connectivity index (χ0n) is 10.3. The van der Waals surface area contributed by atoms with E-state index in [1.807, 2.05) is 6.92 Å². The molecule has 2 atom stereocenters. The van der Waals surface area contributed by atoms with E-state index in [0.717, 1.165) is 32.4 Å². The third-order valence-corrected chi connectivity index (χ3v) is 2.86. The van der Waals surface area contributed by atoms with Crippen LogP contribution in [0.5, 0.6) is 0 Å². The third-order valence-electron chi connectivity index (χ3n) is 2.86. The van der Waals surface area contributed by atoms with Crippen LogP contribution in [-0.4, -0.2) is 38.0 Å². The predicted molar refractivity (Wildman–Crippen MR) is 62.1 cm³/mol. The van der Waals surface area contributed by atoms with Crippen LogP contribution in [0.25, 0.3) is 0 Å². The van der Waals surface area contributed by atoms with Crippen LogP contribution >= 0.6 is 0 Å². The number of nitrogens with one attached hydrogen (secondary N) is 1. The maximum absolute atomic E-state index is 9.11. The molecule has 1 fully saturated rings. The van der Waals surface area contributed by atoms with Crippen molar-refractivity contribution in [3.63, 3.8) is 0 Å². The van der Waals surface area contributed by atoms with Gasteiger partial charge in [0.1, 0.15) is 5.54 Å². The molecule has 2 unspecified atom stereocenters. The Balaban J connectivity index is 2.19. The second-order valence-electron chi connectivity index (χ2n) is 4.48. The Hall–Kier alpha value is -0.630.